The van der Waals surface area contributed by atoms with Crippen molar-refractivity contribution in [3.05, 3.63) is 66.2 Å². The number of anilines is 1. The number of benzene rings is 2. The molecule has 1 aliphatic rings. The number of aryl methyl sites for hydroxylation is 1. The Labute approximate surface area is 181 Å². The fraction of sp³-hybridized carbons (Fsp3) is 0.304. The normalized spacial score (nSPS) is 14.4. The Bertz CT molecular complexity index is 1160. The molecular weight excluding hydrogens is 417 g/mol. The highest BCUT2D eigenvalue weighted by Crippen LogP contribution is 2.28. The molecule has 8 heteroatoms. The van der Waals surface area contributed by atoms with Crippen LogP contribution in [0.5, 0.6) is 5.75 Å². The number of sulfone groups is 1. The predicted octanol–water partition coefficient (Wildman–Crippen LogP) is 3.76. The molecule has 0 spiro atoms. The SMILES string of the molecule is CCc1cnc(N2CC(COc3ccc(-c4ccc(S(C)(=O)=O)cc4)cc3F)C2)nc1. The zero-order valence-electron chi connectivity index (χ0n) is 17.5. The second-order valence-corrected chi connectivity index (χ2v) is 9.78. The fourth-order valence-electron chi connectivity index (χ4n) is 3.43. The summed E-state index contributed by atoms with van der Waals surface area (Å²) in [5, 5.41) is 0. The number of ether oxygens (including phenoxy) is 1. The molecule has 0 bridgehead atoms. The second-order valence-electron chi connectivity index (χ2n) is 7.77. The zero-order valence-corrected chi connectivity index (χ0v) is 18.3. The van der Waals surface area contributed by atoms with Crippen LogP contribution in [-0.2, 0) is 16.3 Å². The van der Waals surface area contributed by atoms with Gasteiger partial charge in [0.15, 0.2) is 21.4 Å². The minimum Gasteiger partial charge on any atom is -0.490 e. The lowest BCUT2D eigenvalue weighted by molar-refractivity contribution is 0.212. The molecule has 1 aromatic heterocycles. The molecule has 0 N–H and O–H groups in total. The molecule has 0 atom stereocenters. The van der Waals surface area contributed by atoms with E-state index in [-0.39, 0.29) is 16.6 Å². The van der Waals surface area contributed by atoms with E-state index in [0.29, 0.717) is 18.1 Å². The average Bonchev–Trinajstić information content (AvgIpc) is 2.73. The first-order valence-electron chi connectivity index (χ1n) is 10.1. The zero-order chi connectivity index (χ0) is 22.0. The van der Waals surface area contributed by atoms with E-state index in [1.807, 2.05) is 12.4 Å². The summed E-state index contributed by atoms with van der Waals surface area (Å²) in [7, 11) is -3.26. The van der Waals surface area contributed by atoms with Crippen LogP contribution >= 0.6 is 0 Å². The molecule has 1 aliphatic heterocycles. The number of hydrogen-bond donors (Lipinski definition) is 0. The van der Waals surface area contributed by atoms with Crippen LogP contribution < -0.4 is 9.64 Å². The first-order chi connectivity index (χ1) is 14.8. The van der Waals surface area contributed by atoms with E-state index < -0.39 is 15.7 Å². The van der Waals surface area contributed by atoms with E-state index in [9.17, 15) is 12.8 Å². The third-order valence-corrected chi connectivity index (χ3v) is 6.49. The number of aromatic nitrogens is 2. The van der Waals surface area contributed by atoms with Gasteiger partial charge in [0.2, 0.25) is 5.95 Å². The van der Waals surface area contributed by atoms with Crippen LogP contribution in [0.1, 0.15) is 12.5 Å². The monoisotopic (exact) mass is 441 g/mol. The molecule has 0 radical (unpaired) electrons. The van der Waals surface area contributed by atoms with E-state index in [4.69, 9.17) is 4.74 Å². The van der Waals surface area contributed by atoms with Gasteiger partial charge < -0.3 is 9.64 Å². The highest BCUT2D eigenvalue weighted by atomic mass is 32.2. The van der Waals surface area contributed by atoms with Crippen molar-refractivity contribution in [2.45, 2.75) is 18.2 Å². The van der Waals surface area contributed by atoms with E-state index in [1.165, 1.54) is 18.2 Å². The first kappa shape index (κ1) is 21.2. The minimum absolute atomic E-state index is 0.207. The van der Waals surface area contributed by atoms with Crippen molar-refractivity contribution in [3.8, 4) is 16.9 Å². The molecule has 1 fully saturated rings. The maximum atomic E-state index is 14.5. The summed E-state index contributed by atoms with van der Waals surface area (Å²) in [5.74, 6) is 0.765. The third kappa shape index (κ3) is 4.85. The van der Waals surface area contributed by atoms with Gasteiger partial charge in [0, 0.05) is 37.7 Å². The molecule has 1 saturated heterocycles. The molecule has 4 rings (SSSR count). The van der Waals surface area contributed by atoms with E-state index in [1.54, 1.807) is 24.3 Å². The largest absolute Gasteiger partial charge is 0.490 e. The van der Waals surface area contributed by atoms with Crippen LogP contribution in [0, 0.1) is 11.7 Å². The quantitative estimate of drug-likeness (QED) is 0.556. The van der Waals surface area contributed by atoms with Crippen molar-refractivity contribution in [2.24, 2.45) is 5.92 Å². The lowest BCUT2D eigenvalue weighted by atomic mass is 10.0. The number of nitrogens with zero attached hydrogens (tertiary/aromatic N) is 3. The van der Waals surface area contributed by atoms with Gasteiger partial charge in [-0.3, -0.25) is 0 Å². The lowest BCUT2D eigenvalue weighted by Gasteiger charge is -2.38. The van der Waals surface area contributed by atoms with E-state index in [2.05, 4.69) is 21.8 Å². The van der Waals surface area contributed by atoms with Crippen LogP contribution in [0.2, 0.25) is 0 Å². The Balaban J connectivity index is 1.33. The Hall–Kier alpha value is -3.00. The van der Waals surface area contributed by atoms with Gasteiger partial charge in [0.05, 0.1) is 11.5 Å². The standard InChI is InChI=1S/C23H24FN3O3S/c1-3-16-11-25-23(26-12-16)27-13-17(14-27)15-30-22-9-6-19(10-21(22)24)18-4-7-20(8-5-18)31(2,28)29/h4-12,17H,3,13-15H2,1-2H3. The summed E-state index contributed by atoms with van der Waals surface area (Å²) < 4.78 is 43.4. The van der Waals surface area contributed by atoms with Crippen molar-refractivity contribution in [1.29, 1.82) is 0 Å². The maximum Gasteiger partial charge on any atom is 0.225 e. The average molecular weight is 442 g/mol. The topological polar surface area (TPSA) is 72.4 Å². The molecule has 162 valence electrons. The maximum absolute atomic E-state index is 14.5. The summed E-state index contributed by atoms with van der Waals surface area (Å²) in [6.45, 7) is 4.04. The first-order valence-corrected chi connectivity index (χ1v) is 12.0. The van der Waals surface area contributed by atoms with Gasteiger partial charge in [-0.05, 0) is 47.4 Å². The smallest absolute Gasteiger partial charge is 0.225 e. The van der Waals surface area contributed by atoms with Gasteiger partial charge in [-0.15, -0.1) is 0 Å². The van der Waals surface area contributed by atoms with Crippen LogP contribution in [0.15, 0.2) is 59.8 Å². The summed E-state index contributed by atoms with van der Waals surface area (Å²) in [5.41, 5.74) is 2.50. The highest BCUT2D eigenvalue weighted by molar-refractivity contribution is 7.90. The number of halogens is 1. The van der Waals surface area contributed by atoms with Crippen molar-refractivity contribution in [1.82, 2.24) is 9.97 Å². The lowest BCUT2D eigenvalue weighted by Crippen LogP contribution is -2.50. The molecule has 0 saturated carbocycles. The minimum atomic E-state index is -3.26. The fourth-order valence-corrected chi connectivity index (χ4v) is 4.06. The van der Waals surface area contributed by atoms with Crippen LogP contribution in [0.4, 0.5) is 10.3 Å². The third-order valence-electron chi connectivity index (χ3n) is 5.36. The highest BCUT2D eigenvalue weighted by Gasteiger charge is 2.29. The van der Waals surface area contributed by atoms with Crippen LogP contribution in [0.3, 0.4) is 0 Å². The summed E-state index contributed by atoms with van der Waals surface area (Å²) in [6, 6.07) is 11.2. The molecule has 3 aromatic rings. The summed E-state index contributed by atoms with van der Waals surface area (Å²) in [4.78, 5) is 11.1. The Morgan fingerprint density at radius 1 is 1.06 bits per heavy atom. The van der Waals surface area contributed by atoms with Gasteiger partial charge in [-0.1, -0.05) is 25.1 Å². The Morgan fingerprint density at radius 3 is 2.29 bits per heavy atom. The van der Waals surface area contributed by atoms with Crippen molar-refractivity contribution in [3.63, 3.8) is 0 Å². The molecular formula is C23H24FN3O3S. The van der Waals surface area contributed by atoms with Gasteiger partial charge in [-0.2, -0.15) is 0 Å². The Morgan fingerprint density at radius 2 is 1.71 bits per heavy atom. The Kier molecular flexibility index (Phi) is 5.91. The summed E-state index contributed by atoms with van der Waals surface area (Å²) in [6.07, 6.45) is 5.76. The molecule has 2 aromatic carbocycles. The van der Waals surface area contributed by atoms with E-state index in [0.717, 1.165) is 36.9 Å². The molecule has 0 amide bonds. The van der Waals surface area contributed by atoms with Crippen LogP contribution in [0.25, 0.3) is 11.1 Å². The second kappa shape index (κ2) is 8.63. The number of hydrogen-bond acceptors (Lipinski definition) is 6. The molecule has 31 heavy (non-hydrogen) atoms. The van der Waals surface area contributed by atoms with Gasteiger partial charge in [0.1, 0.15) is 0 Å². The molecule has 2 heterocycles. The van der Waals surface area contributed by atoms with Crippen molar-refractivity contribution in [2.75, 3.05) is 30.9 Å². The summed E-state index contributed by atoms with van der Waals surface area (Å²) >= 11 is 0. The predicted molar refractivity (Wildman–Crippen MR) is 118 cm³/mol. The molecule has 0 unspecified atom stereocenters. The van der Waals surface area contributed by atoms with Crippen LogP contribution in [-0.4, -0.2) is 44.3 Å². The molecule has 0 aliphatic carbocycles. The van der Waals surface area contributed by atoms with Crippen molar-refractivity contribution < 1.29 is 17.5 Å². The van der Waals surface area contributed by atoms with Gasteiger partial charge >= 0.3 is 0 Å². The van der Waals surface area contributed by atoms with E-state index >= 15 is 0 Å². The molecule has 6 nitrogen and oxygen atoms in total. The van der Waals surface area contributed by atoms with Crippen molar-refractivity contribution >= 4 is 15.8 Å². The van der Waals surface area contributed by atoms with Gasteiger partial charge in [0.25, 0.3) is 0 Å². The van der Waals surface area contributed by atoms with Gasteiger partial charge in [-0.25, -0.2) is 22.8 Å². The number of rotatable bonds is 7.